The van der Waals surface area contributed by atoms with Crippen LogP contribution in [0.1, 0.15) is 33.1 Å². The van der Waals surface area contributed by atoms with Crippen LogP contribution in [0.15, 0.2) is 0 Å². The lowest BCUT2D eigenvalue weighted by Crippen LogP contribution is -2.44. The summed E-state index contributed by atoms with van der Waals surface area (Å²) in [5.41, 5.74) is 7.21. The molecule has 0 amide bonds. The van der Waals surface area contributed by atoms with Crippen molar-refractivity contribution in [3.8, 4) is 0 Å². The van der Waals surface area contributed by atoms with Gasteiger partial charge in [0.15, 0.2) is 0 Å². The Balaban J connectivity index is 2.53. The summed E-state index contributed by atoms with van der Waals surface area (Å²) in [6.45, 7) is 3.94. The van der Waals surface area contributed by atoms with Gasteiger partial charge in [0, 0.05) is 6.42 Å². The van der Waals surface area contributed by atoms with E-state index in [0.717, 1.165) is 12.6 Å². The van der Waals surface area contributed by atoms with E-state index < -0.39 is 5.41 Å². The fourth-order valence-corrected chi connectivity index (χ4v) is 3.42. The standard InChI is InChI=1S/C11H14N2O2/c1-10(2)7-3-4-11(10,8(14)5-7)9(15)6-13-12/h6-7H,3-5H2,1-2H3. The molecule has 2 aliphatic rings. The molecule has 15 heavy (non-hydrogen) atoms. The van der Waals surface area contributed by atoms with Gasteiger partial charge in [-0.15, -0.1) is 0 Å². The van der Waals surface area contributed by atoms with E-state index >= 15 is 0 Å². The van der Waals surface area contributed by atoms with Crippen LogP contribution in [0, 0.1) is 16.7 Å². The van der Waals surface area contributed by atoms with Gasteiger partial charge in [-0.3, -0.25) is 9.59 Å². The van der Waals surface area contributed by atoms with Crippen LogP contribution in [0.2, 0.25) is 0 Å². The van der Waals surface area contributed by atoms with Crippen LogP contribution in [0.3, 0.4) is 0 Å². The average Bonchev–Trinajstić information content (AvgIpc) is 2.51. The zero-order chi connectivity index (χ0) is 11.3. The monoisotopic (exact) mass is 206 g/mol. The minimum atomic E-state index is -0.913. The van der Waals surface area contributed by atoms with E-state index in [1.807, 2.05) is 13.8 Å². The molecule has 0 aromatic rings. The topological polar surface area (TPSA) is 70.5 Å². The Hall–Kier alpha value is -1.28. The summed E-state index contributed by atoms with van der Waals surface area (Å²) in [6.07, 6.45) is 2.91. The van der Waals surface area contributed by atoms with Crippen molar-refractivity contribution in [3.05, 3.63) is 5.53 Å². The van der Waals surface area contributed by atoms with Crippen LogP contribution >= 0.6 is 0 Å². The van der Waals surface area contributed by atoms with Gasteiger partial charge in [-0.1, -0.05) is 13.8 Å². The lowest BCUT2D eigenvalue weighted by molar-refractivity contribution is -0.140. The van der Waals surface area contributed by atoms with Gasteiger partial charge in [0.05, 0.1) is 0 Å². The maximum atomic E-state index is 11.9. The van der Waals surface area contributed by atoms with E-state index in [1.54, 1.807) is 0 Å². The minimum absolute atomic E-state index is 0.0219. The predicted octanol–water partition coefficient (Wildman–Crippen LogP) is 1.25. The van der Waals surface area contributed by atoms with Gasteiger partial charge in [0.2, 0.25) is 5.78 Å². The van der Waals surface area contributed by atoms with Crippen molar-refractivity contribution in [1.82, 2.24) is 0 Å². The number of Topliss-reactive ketones (excluding diaryl/α,β-unsaturated/α-hetero) is 2. The molecule has 0 N–H and O–H groups in total. The fraction of sp³-hybridized carbons (Fsp3) is 0.727. The van der Waals surface area contributed by atoms with Crippen LogP contribution in [-0.2, 0) is 9.59 Å². The van der Waals surface area contributed by atoms with Crippen LogP contribution in [0.4, 0.5) is 0 Å². The molecule has 0 radical (unpaired) electrons. The maximum Gasteiger partial charge on any atom is 0.324 e. The molecule has 0 saturated heterocycles. The summed E-state index contributed by atoms with van der Waals surface area (Å²) >= 11 is 0. The molecule has 2 atom stereocenters. The van der Waals surface area contributed by atoms with Gasteiger partial charge in [-0.05, 0) is 24.2 Å². The number of carbonyl (C=O) groups is 2. The van der Waals surface area contributed by atoms with Crippen molar-refractivity contribution >= 4 is 17.8 Å². The van der Waals surface area contributed by atoms with Gasteiger partial charge in [0.1, 0.15) is 11.2 Å². The number of carbonyl (C=O) groups excluding carboxylic acids is 2. The normalized spacial score (nSPS) is 36.4. The van der Waals surface area contributed by atoms with Crippen molar-refractivity contribution < 1.29 is 14.4 Å². The molecule has 2 fully saturated rings. The largest absolute Gasteiger partial charge is 0.361 e. The summed E-state index contributed by atoms with van der Waals surface area (Å²) in [7, 11) is 0. The van der Waals surface area contributed by atoms with E-state index in [1.165, 1.54) is 0 Å². The Morgan fingerprint density at radius 1 is 1.60 bits per heavy atom. The second-order valence-corrected chi connectivity index (χ2v) is 5.10. The highest BCUT2D eigenvalue weighted by atomic mass is 16.2. The molecular weight excluding hydrogens is 192 g/mol. The number of rotatable bonds is 2. The highest BCUT2D eigenvalue weighted by Crippen LogP contribution is 2.63. The second-order valence-electron chi connectivity index (χ2n) is 5.10. The summed E-state index contributed by atoms with van der Waals surface area (Å²) in [5, 5.41) is 0. The third-order valence-corrected chi connectivity index (χ3v) is 4.49. The molecule has 2 aliphatic carbocycles. The predicted molar refractivity (Wildman–Crippen MR) is 53.3 cm³/mol. The van der Waals surface area contributed by atoms with Crippen LogP contribution in [0.25, 0.3) is 5.53 Å². The molecule has 0 spiro atoms. The molecule has 80 valence electrons. The molecule has 4 heteroatoms. The van der Waals surface area contributed by atoms with Crippen molar-refractivity contribution in [2.45, 2.75) is 33.1 Å². The molecule has 0 heterocycles. The third-order valence-electron chi connectivity index (χ3n) is 4.49. The lowest BCUT2D eigenvalue weighted by atomic mass is 9.66. The summed E-state index contributed by atoms with van der Waals surface area (Å²) < 4.78 is 0. The first-order valence-electron chi connectivity index (χ1n) is 5.22. The molecule has 0 aromatic heterocycles. The van der Waals surface area contributed by atoms with Gasteiger partial charge < -0.3 is 5.53 Å². The first-order chi connectivity index (χ1) is 6.96. The lowest BCUT2D eigenvalue weighted by Gasteiger charge is -2.32. The molecule has 2 rings (SSSR count). The average molecular weight is 206 g/mol. The summed E-state index contributed by atoms with van der Waals surface area (Å²) in [5.74, 6) is -0.00491. The Labute approximate surface area is 88.3 Å². The third kappa shape index (κ3) is 0.975. The van der Waals surface area contributed by atoms with Crippen molar-refractivity contribution in [1.29, 1.82) is 0 Å². The van der Waals surface area contributed by atoms with Gasteiger partial charge in [-0.2, -0.15) is 4.79 Å². The fourth-order valence-electron chi connectivity index (χ4n) is 3.42. The number of hydrogen-bond acceptors (Lipinski definition) is 2. The molecule has 0 aliphatic heterocycles. The highest BCUT2D eigenvalue weighted by molar-refractivity contribution is 6.34. The molecule has 4 nitrogen and oxygen atoms in total. The SMILES string of the molecule is CC1(C)C2CCC1(C(=O)C=[N+]=[N-])C(=O)C2. The molecule has 2 unspecified atom stereocenters. The molecule has 2 bridgehead atoms. The smallest absolute Gasteiger partial charge is 0.324 e. The van der Waals surface area contributed by atoms with Crippen LogP contribution < -0.4 is 0 Å². The maximum absolute atomic E-state index is 11.9. The van der Waals surface area contributed by atoms with E-state index in [9.17, 15) is 9.59 Å². The van der Waals surface area contributed by atoms with Gasteiger partial charge in [0.25, 0.3) is 0 Å². The zero-order valence-electron chi connectivity index (χ0n) is 8.99. The Morgan fingerprint density at radius 2 is 2.27 bits per heavy atom. The highest BCUT2D eigenvalue weighted by Gasteiger charge is 2.68. The number of nitrogens with zero attached hydrogens (tertiary/aromatic N) is 2. The van der Waals surface area contributed by atoms with Gasteiger partial charge >= 0.3 is 6.21 Å². The summed E-state index contributed by atoms with van der Waals surface area (Å²) in [4.78, 5) is 26.6. The quantitative estimate of drug-likeness (QED) is 0.295. The first kappa shape index (κ1) is 10.2. The second kappa shape index (κ2) is 2.86. The van der Waals surface area contributed by atoms with E-state index in [4.69, 9.17) is 5.53 Å². The molecule has 2 saturated carbocycles. The van der Waals surface area contributed by atoms with E-state index in [0.29, 0.717) is 18.8 Å². The number of hydrogen-bond donors (Lipinski definition) is 0. The Bertz CT molecular complexity index is 393. The van der Waals surface area contributed by atoms with Crippen molar-refractivity contribution in [2.24, 2.45) is 16.7 Å². The van der Waals surface area contributed by atoms with Crippen molar-refractivity contribution in [2.75, 3.05) is 0 Å². The molecular formula is C11H14N2O2. The van der Waals surface area contributed by atoms with Gasteiger partial charge in [-0.25, -0.2) is 0 Å². The Morgan fingerprint density at radius 3 is 2.67 bits per heavy atom. The number of fused-ring (bicyclic) bond motifs is 2. The number of ketones is 2. The van der Waals surface area contributed by atoms with Crippen LogP contribution in [0.5, 0.6) is 0 Å². The van der Waals surface area contributed by atoms with Crippen molar-refractivity contribution in [3.63, 3.8) is 0 Å². The Kier molecular flexibility index (Phi) is 1.95. The van der Waals surface area contributed by atoms with Crippen LogP contribution in [-0.4, -0.2) is 22.6 Å². The minimum Gasteiger partial charge on any atom is -0.361 e. The molecule has 0 aromatic carbocycles. The summed E-state index contributed by atoms with van der Waals surface area (Å²) in [6, 6.07) is 0. The van der Waals surface area contributed by atoms with E-state index in [-0.39, 0.29) is 17.0 Å². The first-order valence-corrected chi connectivity index (χ1v) is 5.22. The zero-order valence-corrected chi connectivity index (χ0v) is 8.99. The van der Waals surface area contributed by atoms with E-state index in [2.05, 4.69) is 4.79 Å².